The zero-order valence-electron chi connectivity index (χ0n) is 17.2. The van der Waals surface area contributed by atoms with Gasteiger partial charge in [0.15, 0.2) is 0 Å². The van der Waals surface area contributed by atoms with Gasteiger partial charge >= 0.3 is 0 Å². The van der Waals surface area contributed by atoms with Gasteiger partial charge in [-0.2, -0.15) is 0 Å². The summed E-state index contributed by atoms with van der Waals surface area (Å²) >= 11 is 0. The zero-order chi connectivity index (χ0) is 20.0. The van der Waals surface area contributed by atoms with Crippen LogP contribution in [0.4, 0.5) is 5.69 Å². The molecule has 0 radical (unpaired) electrons. The molecule has 0 saturated carbocycles. The van der Waals surface area contributed by atoms with Gasteiger partial charge in [0.25, 0.3) is 0 Å². The first-order valence-electron chi connectivity index (χ1n) is 10.00. The molecule has 0 spiro atoms. The Labute approximate surface area is 166 Å². The monoisotopic (exact) mass is 376 g/mol. The Bertz CT molecular complexity index is 1060. The Morgan fingerprint density at radius 1 is 1.11 bits per heavy atom. The van der Waals surface area contributed by atoms with Crippen LogP contribution >= 0.6 is 0 Å². The lowest BCUT2D eigenvalue weighted by Crippen LogP contribution is -2.35. The highest BCUT2D eigenvalue weighted by atomic mass is 16.3. The van der Waals surface area contributed by atoms with Crippen molar-refractivity contribution in [3.8, 4) is 11.1 Å². The maximum Gasteiger partial charge on any atom is 0.134 e. The quantitative estimate of drug-likeness (QED) is 0.727. The number of nitrogens with zero attached hydrogens (tertiary/aromatic N) is 2. The summed E-state index contributed by atoms with van der Waals surface area (Å²) in [6.07, 6.45) is 0.426. The Morgan fingerprint density at radius 3 is 2.46 bits per heavy atom. The first-order chi connectivity index (χ1) is 13.4. The van der Waals surface area contributed by atoms with Crippen molar-refractivity contribution in [1.82, 2.24) is 4.57 Å². The number of aromatic nitrogens is 1. The molecule has 3 aromatic rings. The second-order valence-electron chi connectivity index (χ2n) is 7.98. The van der Waals surface area contributed by atoms with E-state index in [1.807, 2.05) is 0 Å². The smallest absolute Gasteiger partial charge is 0.134 e. The average molecular weight is 377 g/mol. The van der Waals surface area contributed by atoms with Gasteiger partial charge in [-0.3, -0.25) is 4.79 Å². The van der Waals surface area contributed by atoms with Crippen LogP contribution in [0.5, 0.6) is 0 Å². The molecule has 1 N–H and O–H groups in total. The van der Waals surface area contributed by atoms with Crippen LogP contribution in [0.2, 0.25) is 0 Å². The van der Waals surface area contributed by atoms with E-state index in [2.05, 4.69) is 60.6 Å². The summed E-state index contributed by atoms with van der Waals surface area (Å²) in [4.78, 5) is 14.5. The summed E-state index contributed by atoms with van der Waals surface area (Å²) in [7, 11) is 0. The highest BCUT2D eigenvalue weighted by molar-refractivity contribution is 6.07. The lowest BCUT2D eigenvalue weighted by Gasteiger charge is -2.34. The average Bonchev–Trinajstić information content (AvgIpc) is 2.98. The third kappa shape index (κ3) is 2.92. The van der Waals surface area contributed by atoms with E-state index >= 15 is 0 Å². The third-order valence-corrected chi connectivity index (χ3v) is 5.95. The molecule has 1 aliphatic rings. The molecule has 1 aromatic heterocycles. The topological polar surface area (TPSA) is 45.5 Å². The SMILES string of the molecule is CC(=O)Cc1c(C)c2c3c(cc(C)n3CCN2CCO)c1-c1ccc(C)cc1. The fourth-order valence-electron chi connectivity index (χ4n) is 4.67. The molecule has 4 heteroatoms. The maximum atomic E-state index is 12.2. The van der Waals surface area contributed by atoms with Gasteiger partial charge in [-0.25, -0.2) is 0 Å². The van der Waals surface area contributed by atoms with Gasteiger partial charge in [-0.05, 0) is 56.0 Å². The molecular weight excluding hydrogens is 348 g/mol. The van der Waals surface area contributed by atoms with Crippen molar-refractivity contribution in [3.63, 3.8) is 0 Å². The Morgan fingerprint density at radius 2 is 1.82 bits per heavy atom. The van der Waals surface area contributed by atoms with Gasteiger partial charge in [0.2, 0.25) is 0 Å². The molecule has 0 fully saturated rings. The number of hydrogen-bond acceptors (Lipinski definition) is 3. The third-order valence-electron chi connectivity index (χ3n) is 5.95. The molecule has 4 nitrogen and oxygen atoms in total. The minimum Gasteiger partial charge on any atom is -0.395 e. The Balaban J connectivity index is 2.11. The molecule has 0 unspecified atom stereocenters. The summed E-state index contributed by atoms with van der Waals surface area (Å²) in [6, 6.07) is 10.9. The lowest BCUT2D eigenvalue weighted by atomic mass is 9.87. The van der Waals surface area contributed by atoms with Gasteiger partial charge in [-0.1, -0.05) is 29.8 Å². The summed E-state index contributed by atoms with van der Waals surface area (Å²) < 4.78 is 2.39. The molecule has 146 valence electrons. The number of ketones is 1. The van der Waals surface area contributed by atoms with Crippen LogP contribution in [-0.2, 0) is 17.8 Å². The molecule has 2 aromatic carbocycles. The molecule has 0 amide bonds. The minimum absolute atomic E-state index is 0.127. The predicted molar refractivity (Wildman–Crippen MR) is 115 cm³/mol. The number of β-amino-alcohol motifs (C(OH)–C–C–N with tert-alkyl or cyclic N) is 1. The van der Waals surface area contributed by atoms with Crippen LogP contribution in [0.3, 0.4) is 0 Å². The second kappa shape index (κ2) is 7.10. The van der Waals surface area contributed by atoms with E-state index in [1.165, 1.54) is 33.4 Å². The number of anilines is 1. The fourth-order valence-corrected chi connectivity index (χ4v) is 4.67. The molecule has 0 bridgehead atoms. The Hall–Kier alpha value is -2.59. The van der Waals surface area contributed by atoms with E-state index in [9.17, 15) is 9.90 Å². The normalized spacial score (nSPS) is 13.4. The zero-order valence-corrected chi connectivity index (χ0v) is 17.2. The number of benzene rings is 2. The van der Waals surface area contributed by atoms with Crippen molar-refractivity contribution >= 4 is 22.4 Å². The summed E-state index contributed by atoms with van der Waals surface area (Å²) in [6.45, 7) is 10.6. The number of aliphatic hydroxyl groups excluding tert-OH is 1. The largest absolute Gasteiger partial charge is 0.395 e. The number of carbonyl (C=O) groups excluding carboxylic acids is 1. The number of carbonyl (C=O) groups is 1. The van der Waals surface area contributed by atoms with Crippen molar-refractivity contribution in [2.45, 2.75) is 40.7 Å². The van der Waals surface area contributed by atoms with E-state index in [0.29, 0.717) is 13.0 Å². The van der Waals surface area contributed by atoms with Crippen LogP contribution in [0.1, 0.15) is 29.3 Å². The predicted octanol–water partition coefficient (Wildman–Crippen LogP) is 4.18. The number of aryl methyl sites for hydroxylation is 2. The molecule has 0 atom stereocenters. The van der Waals surface area contributed by atoms with Crippen LogP contribution in [0.25, 0.3) is 22.0 Å². The van der Waals surface area contributed by atoms with Crippen molar-refractivity contribution in [1.29, 1.82) is 0 Å². The van der Waals surface area contributed by atoms with E-state index in [4.69, 9.17) is 0 Å². The van der Waals surface area contributed by atoms with Crippen LogP contribution in [0, 0.1) is 20.8 Å². The van der Waals surface area contributed by atoms with Gasteiger partial charge in [-0.15, -0.1) is 0 Å². The summed E-state index contributed by atoms with van der Waals surface area (Å²) in [5.74, 6) is 0.170. The molecular formula is C24H28N2O2. The van der Waals surface area contributed by atoms with Crippen molar-refractivity contribution in [2.24, 2.45) is 0 Å². The first-order valence-corrected chi connectivity index (χ1v) is 10.00. The summed E-state index contributed by atoms with van der Waals surface area (Å²) in [5, 5.41) is 10.8. The van der Waals surface area contributed by atoms with Crippen molar-refractivity contribution < 1.29 is 9.90 Å². The van der Waals surface area contributed by atoms with Crippen molar-refractivity contribution in [2.75, 3.05) is 24.6 Å². The molecule has 2 heterocycles. The Kier molecular flexibility index (Phi) is 4.76. The fraction of sp³-hybridized carbons (Fsp3) is 0.375. The minimum atomic E-state index is 0.127. The van der Waals surface area contributed by atoms with E-state index in [1.54, 1.807) is 6.92 Å². The van der Waals surface area contributed by atoms with Crippen LogP contribution in [0.15, 0.2) is 30.3 Å². The van der Waals surface area contributed by atoms with Crippen LogP contribution in [-0.4, -0.2) is 35.2 Å². The van der Waals surface area contributed by atoms with E-state index in [0.717, 1.165) is 29.8 Å². The maximum absolute atomic E-state index is 12.2. The van der Waals surface area contributed by atoms with Gasteiger partial charge in [0, 0.05) is 37.1 Å². The first kappa shape index (κ1) is 18.8. The van der Waals surface area contributed by atoms with E-state index < -0.39 is 0 Å². The number of hydrogen-bond donors (Lipinski definition) is 1. The number of rotatable bonds is 5. The second-order valence-corrected chi connectivity index (χ2v) is 7.98. The number of Topliss-reactive ketones (excluding diaryl/α,β-unsaturated/α-hetero) is 1. The molecule has 0 saturated heterocycles. The summed E-state index contributed by atoms with van der Waals surface area (Å²) in [5.41, 5.74) is 9.49. The number of aliphatic hydroxyl groups is 1. The highest BCUT2D eigenvalue weighted by Gasteiger charge is 2.28. The molecule has 0 aliphatic carbocycles. The molecule has 28 heavy (non-hydrogen) atoms. The molecule has 4 rings (SSSR count). The van der Waals surface area contributed by atoms with Gasteiger partial charge in [0.05, 0.1) is 17.8 Å². The van der Waals surface area contributed by atoms with Gasteiger partial charge in [0.1, 0.15) is 5.78 Å². The molecule has 1 aliphatic heterocycles. The lowest BCUT2D eigenvalue weighted by molar-refractivity contribution is -0.116. The van der Waals surface area contributed by atoms with Crippen LogP contribution < -0.4 is 4.90 Å². The van der Waals surface area contributed by atoms with E-state index in [-0.39, 0.29) is 12.4 Å². The van der Waals surface area contributed by atoms with Gasteiger partial charge < -0.3 is 14.6 Å². The highest BCUT2D eigenvalue weighted by Crippen LogP contribution is 2.44. The standard InChI is InChI=1S/C24H28N2O2/c1-15-5-7-19(8-6-15)22-20(14-17(3)28)18(4)23-24-21(22)13-16(2)26(24)10-9-25(23)11-12-27/h5-8,13,27H,9-12,14H2,1-4H3. The van der Waals surface area contributed by atoms with Crippen molar-refractivity contribution in [3.05, 3.63) is 52.7 Å².